The Morgan fingerprint density at radius 2 is 1.50 bits per heavy atom. The Kier molecular flexibility index (Phi) is 7.36. The van der Waals surface area contributed by atoms with Crippen molar-refractivity contribution >= 4 is 40.9 Å². The summed E-state index contributed by atoms with van der Waals surface area (Å²) in [5, 5.41) is 18.0. The molecule has 110 valence electrons. The first-order valence-corrected chi connectivity index (χ1v) is 7.04. The van der Waals surface area contributed by atoms with E-state index >= 15 is 0 Å². The molecule has 22 heavy (non-hydrogen) atoms. The predicted octanol–water partition coefficient (Wildman–Crippen LogP) is 4.90. The van der Waals surface area contributed by atoms with Gasteiger partial charge >= 0.3 is 0 Å². The van der Waals surface area contributed by atoms with Crippen LogP contribution in [0.2, 0.25) is 15.1 Å². The first-order valence-electron chi connectivity index (χ1n) is 5.91. The van der Waals surface area contributed by atoms with E-state index < -0.39 is 0 Å². The van der Waals surface area contributed by atoms with Crippen LogP contribution < -0.4 is 0 Å². The second kappa shape index (κ2) is 9.02. The molecule has 0 saturated heterocycles. The van der Waals surface area contributed by atoms with Gasteiger partial charge < -0.3 is 0 Å². The predicted molar refractivity (Wildman–Crippen MR) is 87.6 cm³/mol. The summed E-state index contributed by atoms with van der Waals surface area (Å²) in [6, 6.07) is 6.91. The molecule has 4 nitrogen and oxygen atoms in total. The molecule has 0 bridgehead atoms. The van der Waals surface area contributed by atoms with E-state index in [1.807, 2.05) is 31.2 Å². The van der Waals surface area contributed by atoms with Gasteiger partial charge in [0.25, 0.3) is 0 Å². The van der Waals surface area contributed by atoms with Gasteiger partial charge in [0.1, 0.15) is 12.1 Å². The molecule has 0 spiro atoms. The fourth-order valence-electron chi connectivity index (χ4n) is 1.32. The summed E-state index contributed by atoms with van der Waals surface area (Å²) >= 11 is 16.8. The summed E-state index contributed by atoms with van der Waals surface area (Å²) in [6.45, 7) is 1.91. The van der Waals surface area contributed by atoms with Crippen LogP contribution in [-0.2, 0) is 0 Å². The van der Waals surface area contributed by atoms with Crippen molar-refractivity contribution < 1.29 is 0 Å². The van der Waals surface area contributed by atoms with Gasteiger partial charge in [-0.3, -0.25) is 0 Å². The van der Waals surface area contributed by atoms with Crippen molar-refractivity contribution in [2.75, 3.05) is 0 Å². The number of aromatic nitrogens is 2. The van der Waals surface area contributed by atoms with Crippen molar-refractivity contribution in [3.8, 4) is 12.1 Å². The third kappa shape index (κ3) is 5.35. The van der Waals surface area contributed by atoms with Gasteiger partial charge in [0.15, 0.2) is 11.4 Å². The molecule has 0 aliphatic heterocycles. The van der Waals surface area contributed by atoms with Crippen molar-refractivity contribution in [1.82, 2.24) is 9.97 Å². The molecular weight excluding hydrogens is 343 g/mol. The number of pyridine rings is 2. The molecule has 2 rings (SSSR count). The van der Waals surface area contributed by atoms with Crippen LogP contribution in [0.1, 0.15) is 23.9 Å². The van der Waals surface area contributed by atoms with E-state index in [0.29, 0.717) is 10.0 Å². The van der Waals surface area contributed by atoms with Crippen LogP contribution in [0.15, 0.2) is 30.6 Å². The first-order chi connectivity index (χ1) is 10.5. The van der Waals surface area contributed by atoms with E-state index in [1.165, 1.54) is 12.3 Å². The Morgan fingerprint density at radius 1 is 0.955 bits per heavy atom. The van der Waals surface area contributed by atoms with Gasteiger partial charge in [0, 0.05) is 12.4 Å². The van der Waals surface area contributed by atoms with E-state index in [2.05, 4.69) is 9.97 Å². The van der Waals surface area contributed by atoms with Crippen LogP contribution in [0.4, 0.5) is 0 Å². The van der Waals surface area contributed by atoms with Crippen LogP contribution in [0.3, 0.4) is 0 Å². The standard InChI is InChI=1S/C9H7ClN2.C6H2Cl2N2/c1-2-3-7-4-8(10)9(5-11)12-6-7;7-4-1-5(8)6(2-9)10-3-4/h2-4,6H,1H3;1,3H/b3-2+;. The van der Waals surface area contributed by atoms with E-state index in [9.17, 15) is 0 Å². The van der Waals surface area contributed by atoms with E-state index in [4.69, 9.17) is 45.3 Å². The number of allylic oxidation sites excluding steroid dienone is 1. The Balaban J connectivity index is 0.000000224. The fourth-order valence-corrected chi connectivity index (χ4v) is 1.95. The van der Waals surface area contributed by atoms with Crippen LogP contribution >= 0.6 is 34.8 Å². The maximum absolute atomic E-state index is 8.52. The second-order valence-corrected chi connectivity index (χ2v) is 5.06. The average molecular weight is 352 g/mol. The molecule has 0 saturated carbocycles. The quantitative estimate of drug-likeness (QED) is 0.732. The summed E-state index contributed by atoms with van der Waals surface area (Å²) in [4.78, 5) is 7.54. The molecule has 0 unspecified atom stereocenters. The number of hydrogen-bond donors (Lipinski definition) is 0. The zero-order valence-corrected chi connectivity index (χ0v) is 13.7. The molecule has 0 N–H and O–H groups in total. The van der Waals surface area contributed by atoms with Crippen LogP contribution in [0, 0.1) is 22.7 Å². The largest absolute Gasteiger partial charge is 0.243 e. The molecule has 0 atom stereocenters. The second-order valence-electron chi connectivity index (χ2n) is 3.81. The molecule has 0 aliphatic rings. The smallest absolute Gasteiger partial charge is 0.159 e. The third-order valence-electron chi connectivity index (χ3n) is 2.24. The Bertz CT molecular complexity index is 773. The summed E-state index contributed by atoms with van der Waals surface area (Å²) in [5.41, 5.74) is 1.37. The highest BCUT2D eigenvalue weighted by Crippen LogP contribution is 2.17. The van der Waals surface area contributed by atoms with Crippen molar-refractivity contribution in [2.24, 2.45) is 0 Å². The Labute approximate surface area is 143 Å². The number of nitrogens with zero attached hydrogens (tertiary/aromatic N) is 4. The number of hydrogen-bond acceptors (Lipinski definition) is 4. The van der Waals surface area contributed by atoms with Crippen LogP contribution in [0.5, 0.6) is 0 Å². The number of rotatable bonds is 1. The average Bonchev–Trinajstić information content (AvgIpc) is 2.48. The van der Waals surface area contributed by atoms with Crippen molar-refractivity contribution in [2.45, 2.75) is 6.92 Å². The lowest BCUT2D eigenvalue weighted by Gasteiger charge is -1.95. The Morgan fingerprint density at radius 3 is 1.95 bits per heavy atom. The molecule has 2 aromatic rings. The zero-order valence-electron chi connectivity index (χ0n) is 11.4. The van der Waals surface area contributed by atoms with Crippen molar-refractivity contribution in [1.29, 1.82) is 10.5 Å². The molecule has 0 radical (unpaired) electrons. The molecule has 0 aliphatic carbocycles. The van der Waals surface area contributed by atoms with Crippen molar-refractivity contribution in [3.05, 3.63) is 62.6 Å². The third-order valence-corrected chi connectivity index (χ3v) is 3.02. The minimum atomic E-state index is 0.200. The van der Waals surface area contributed by atoms with Crippen LogP contribution in [-0.4, -0.2) is 9.97 Å². The minimum absolute atomic E-state index is 0.200. The van der Waals surface area contributed by atoms with E-state index in [0.717, 1.165) is 5.56 Å². The fraction of sp³-hybridized carbons (Fsp3) is 0.0667. The molecular formula is C15H9Cl3N4. The van der Waals surface area contributed by atoms with E-state index in [-0.39, 0.29) is 16.4 Å². The first kappa shape index (κ1) is 17.9. The van der Waals surface area contributed by atoms with Gasteiger partial charge in [0.2, 0.25) is 0 Å². The number of halogens is 3. The molecule has 0 amide bonds. The molecule has 0 aromatic carbocycles. The molecule has 0 fully saturated rings. The summed E-state index contributed by atoms with van der Waals surface area (Å²) in [7, 11) is 0. The highest BCUT2D eigenvalue weighted by molar-refractivity contribution is 6.35. The van der Waals surface area contributed by atoms with Gasteiger partial charge in [-0.25, -0.2) is 9.97 Å². The highest BCUT2D eigenvalue weighted by Gasteiger charge is 2.00. The molecule has 2 heterocycles. The summed E-state index contributed by atoms with van der Waals surface area (Å²) in [6.07, 6.45) is 6.76. The van der Waals surface area contributed by atoms with Gasteiger partial charge in [-0.05, 0) is 24.6 Å². The van der Waals surface area contributed by atoms with Gasteiger partial charge in [-0.15, -0.1) is 0 Å². The topological polar surface area (TPSA) is 73.4 Å². The highest BCUT2D eigenvalue weighted by atomic mass is 35.5. The summed E-state index contributed by atoms with van der Waals surface area (Å²) < 4.78 is 0. The van der Waals surface area contributed by atoms with E-state index in [1.54, 1.807) is 12.3 Å². The summed E-state index contributed by atoms with van der Waals surface area (Å²) in [5.74, 6) is 0. The zero-order chi connectivity index (χ0) is 16.5. The maximum Gasteiger partial charge on any atom is 0.159 e. The molecule has 2 aromatic heterocycles. The normalized spacial score (nSPS) is 9.55. The van der Waals surface area contributed by atoms with Gasteiger partial charge in [0.05, 0.1) is 15.1 Å². The van der Waals surface area contributed by atoms with Gasteiger partial charge in [-0.2, -0.15) is 10.5 Å². The van der Waals surface area contributed by atoms with Crippen LogP contribution in [0.25, 0.3) is 6.08 Å². The minimum Gasteiger partial charge on any atom is -0.243 e. The lowest BCUT2D eigenvalue weighted by Crippen LogP contribution is -1.84. The van der Waals surface area contributed by atoms with Gasteiger partial charge in [-0.1, -0.05) is 47.0 Å². The lowest BCUT2D eigenvalue weighted by atomic mass is 10.2. The SMILES string of the molecule is C/C=C/c1cnc(C#N)c(Cl)c1.N#Cc1ncc(Cl)cc1Cl. The van der Waals surface area contributed by atoms with Crippen molar-refractivity contribution in [3.63, 3.8) is 0 Å². The maximum atomic E-state index is 8.52. The lowest BCUT2D eigenvalue weighted by molar-refractivity contribution is 1.25. The monoisotopic (exact) mass is 350 g/mol. The molecule has 7 heteroatoms. The number of nitriles is 2. The Hall–Kier alpha value is -2.11.